The summed E-state index contributed by atoms with van der Waals surface area (Å²) in [4.78, 5) is 11.6. The van der Waals surface area contributed by atoms with Crippen LogP contribution in [-0.4, -0.2) is 30.9 Å². The lowest BCUT2D eigenvalue weighted by Crippen LogP contribution is -2.43. The van der Waals surface area contributed by atoms with Crippen LogP contribution in [0, 0.1) is 18.3 Å². The molecule has 1 aliphatic rings. The van der Waals surface area contributed by atoms with E-state index in [1.165, 1.54) is 0 Å². The van der Waals surface area contributed by atoms with Gasteiger partial charge in [0.05, 0.1) is 6.04 Å². The van der Waals surface area contributed by atoms with E-state index in [0.29, 0.717) is 13.2 Å². The summed E-state index contributed by atoms with van der Waals surface area (Å²) < 4.78 is 10.5. The Labute approximate surface area is 103 Å². The normalized spacial score (nSPS) is 19.2. The highest BCUT2D eigenvalue weighted by Gasteiger charge is 2.25. The van der Waals surface area contributed by atoms with E-state index in [1.54, 1.807) is 0 Å². The standard InChI is InChI=1S/C13H21NO3/c1-5-11(10-6-8-16-9-7-10)14-12(15)17-13(2,3)4/h1,10-11H,6-9H2,2-4H3,(H,14,15). The summed E-state index contributed by atoms with van der Waals surface area (Å²) in [6, 6.07) is -0.270. The fourth-order valence-electron chi connectivity index (χ4n) is 1.78. The average molecular weight is 239 g/mol. The summed E-state index contributed by atoms with van der Waals surface area (Å²) in [6.07, 6.45) is 6.76. The number of hydrogen-bond acceptors (Lipinski definition) is 3. The van der Waals surface area contributed by atoms with Crippen molar-refractivity contribution in [3.63, 3.8) is 0 Å². The molecule has 0 aromatic rings. The highest BCUT2D eigenvalue weighted by Crippen LogP contribution is 2.19. The van der Waals surface area contributed by atoms with Crippen LogP contribution in [0.1, 0.15) is 33.6 Å². The van der Waals surface area contributed by atoms with Crippen LogP contribution in [0.25, 0.3) is 0 Å². The highest BCUT2D eigenvalue weighted by atomic mass is 16.6. The zero-order valence-electron chi connectivity index (χ0n) is 10.8. The smallest absolute Gasteiger partial charge is 0.408 e. The van der Waals surface area contributed by atoms with E-state index in [-0.39, 0.29) is 12.0 Å². The van der Waals surface area contributed by atoms with Crippen LogP contribution in [0.2, 0.25) is 0 Å². The van der Waals surface area contributed by atoms with Crippen LogP contribution in [0.3, 0.4) is 0 Å². The molecule has 1 amide bonds. The summed E-state index contributed by atoms with van der Waals surface area (Å²) in [5.74, 6) is 2.90. The number of nitrogens with one attached hydrogen (secondary N) is 1. The van der Waals surface area contributed by atoms with Gasteiger partial charge in [-0.25, -0.2) is 4.79 Å². The van der Waals surface area contributed by atoms with Gasteiger partial charge in [0, 0.05) is 13.2 Å². The zero-order chi connectivity index (χ0) is 12.9. The van der Waals surface area contributed by atoms with Crippen LogP contribution >= 0.6 is 0 Å². The number of rotatable bonds is 2. The molecule has 0 radical (unpaired) electrons. The Morgan fingerprint density at radius 2 is 2.06 bits per heavy atom. The second-order valence-electron chi connectivity index (χ2n) is 5.24. The predicted molar refractivity (Wildman–Crippen MR) is 65.5 cm³/mol. The fraction of sp³-hybridized carbons (Fsp3) is 0.769. The Hall–Kier alpha value is -1.21. The number of terminal acetylenes is 1. The van der Waals surface area contributed by atoms with Gasteiger partial charge >= 0.3 is 6.09 Å². The molecule has 1 aliphatic heterocycles. The molecule has 96 valence electrons. The van der Waals surface area contributed by atoms with E-state index in [2.05, 4.69) is 11.2 Å². The van der Waals surface area contributed by atoms with E-state index < -0.39 is 11.7 Å². The van der Waals surface area contributed by atoms with Crippen molar-refractivity contribution in [3.8, 4) is 12.3 Å². The molecule has 0 aliphatic carbocycles. The van der Waals surface area contributed by atoms with Gasteiger partial charge in [-0.2, -0.15) is 0 Å². The fourth-order valence-corrected chi connectivity index (χ4v) is 1.78. The van der Waals surface area contributed by atoms with Gasteiger partial charge in [-0.1, -0.05) is 5.92 Å². The maximum atomic E-state index is 11.6. The molecule has 0 saturated carbocycles. The minimum Gasteiger partial charge on any atom is -0.444 e. The molecule has 4 nitrogen and oxygen atoms in total. The van der Waals surface area contributed by atoms with Gasteiger partial charge in [0.25, 0.3) is 0 Å². The number of carbonyl (C=O) groups is 1. The Bertz CT molecular complexity index is 295. The molecule has 1 saturated heterocycles. The first-order chi connectivity index (χ1) is 7.92. The van der Waals surface area contributed by atoms with Crippen molar-refractivity contribution < 1.29 is 14.3 Å². The van der Waals surface area contributed by atoms with Gasteiger partial charge in [0.2, 0.25) is 0 Å². The average Bonchev–Trinajstić information content (AvgIpc) is 2.24. The molecular formula is C13H21NO3. The maximum Gasteiger partial charge on any atom is 0.408 e. The molecule has 1 atom stereocenters. The largest absolute Gasteiger partial charge is 0.444 e. The van der Waals surface area contributed by atoms with Crippen LogP contribution < -0.4 is 5.32 Å². The second kappa shape index (κ2) is 5.92. The zero-order valence-corrected chi connectivity index (χ0v) is 10.8. The van der Waals surface area contributed by atoms with E-state index in [9.17, 15) is 4.79 Å². The first-order valence-corrected chi connectivity index (χ1v) is 5.96. The summed E-state index contributed by atoms with van der Waals surface area (Å²) in [6.45, 7) is 6.89. The predicted octanol–water partition coefficient (Wildman–Crippen LogP) is 1.94. The monoisotopic (exact) mass is 239 g/mol. The summed E-state index contributed by atoms with van der Waals surface area (Å²) >= 11 is 0. The third-order valence-electron chi connectivity index (χ3n) is 2.59. The molecule has 1 N–H and O–H groups in total. The van der Waals surface area contributed by atoms with Crippen molar-refractivity contribution in [1.29, 1.82) is 0 Å². The van der Waals surface area contributed by atoms with E-state index in [0.717, 1.165) is 12.8 Å². The van der Waals surface area contributed by atoms with Crippen LogP contribution in [0.5, 0.6) is 0 Å². The molecule has 1 fully saturated rings. The van der Waals surface area contributed by atoms with Crippen LogP contribution in [-0.2, 0) is 9.47 Å². The molecule has 1 rings (SSSR count). The summed E-state index contributed by atoms with van der Waals surface area (Å²) in [7, 11) is 0. The number of ether oxygens (including phenoxy) is 2. The minimum absolute atomic E-state index is 0.270. The Kier molecular flexibility index (Phi) is 4.83. The molecule has 4 heteroatoms. The Morgan fingerprint density at radius 1 is 1.47 bits per heavy atom. The van der Waals surface area contributed by atoms with Crippen LogP contribution in [0.4, 0.5) is 4.79 Å². The lowest BCUT2D eigenvalue weighted by molar-refractivity contribution is 0.0403. The first kappa shape index (κ1) is 13.9. The molecule has 1 unspecified atom stereocenters. The van der Waals surface area contributed by atoms with Gasteiger partial charge in [0.1, 0.15) is 5.60 Å². The van der Waals surface area contributed by atoms with Gasteiger partial charge in [-0.15, -0.1) is 6.42 Å². The van der Waals surface area contributed by atoms with Crippen molar-refractivity contribution in [1.82, 2.24) is 5.32 Å². The molecule has 1 heterocycles. The number of amides is 1. The molecule has 0 bridgehead atoms. The Morgan fingerprint density at radius 3 is 2.53 bits per heavy atom. The number of hydrogen-bond donors (Lipinski definition) is 1. The van der Waals surface area contributed by atoms with Crippen molar-refractivity contribution in [2.24, 2.45) is 5.92 Å². The third-order valence-corrected chi connectivity index (χ3v) is 2.59. The molecule has 0 spiro atoms. The summed E-state index contributed by atoms with van der Waals surface area (Å²) in [5, 5.41) is 2.74. The minimum atomic E-state index is -0.501. The van der Waals surface area contributed by atoms with Gasteiger partial charge in [0.15, 0.2) is 0 Å². The quantitative estimate of drug-likeness (QED) is 0.749. The topological polar surface area (TPSA) is 47.6 Å². The van der Waals surface area contributed by atoms with Gasteiger partial charge < -0.3 is 14.8 Å². The third kappa shape index (κ3) is 5.10. The van der Waals surface area contributed by atoms with Crippen molar-refractivity contribution in [3.05, 3.63) is 0 Å². The van der Waals surface area contributed by atoms with E-state index in [1.807, 2.05) is 20.8 Å². The van der Waals surface area contributed by atoms with Crippen molar-refractivity contribution in [2.75, 3.05) is 13.2 Å². The number of carbonyl (C=O) groups excluding carboxylic acids is 1. The highest BCUT2D eigenvalue weighted by molar-refractivity contribution is 5.68. The van der Waals surface area contributed by atoms with Crippen LogP contribution in [0.15, 0.2) is 0 Å². The molecule has 17 heavy (non-hydrogen) atoms. The summed E-state index contributed by atoms with van der Waals surface area (Å²) in [5.41, 5.74) is -0.501. The van der Waals surface area contributed by atoms with E-state index in [4.69, 9.17) is 15.9 Å². The number of alkyl carbamates (subject to hydrolysis) is 1. The molecule has 0 aromatic carbocycles. The lowest BCUT2D eigenvalue weighted by atomic mass is 9.92. The van der Waals surface area contributed by atoms with Crippen molar-refractivity contribution >= 4 is 6.09 Å². The Balaban J connectivity index is 2.46. The second-order valence-corrected chi connectivity index (χ2v) is 5.24. The van der Waals surface area contributed by atoms with Crippen molar-refractivity contribution in [2.45, 2.75) is 45.3 Å². The van der Waals surface area contributed by atoms with Gasteiger partial charge in [-0.05, 0) is 39.5 Å². The van der Waals surface area contributed by atoms with E-state index >= 15 is 0 Å². The maximum absolute atomic E-state index is 11.6. The molecular weight excluding hydrogens is 218 g/mol. The molecule has 0 aromatic heterocycles. The first-order valence-electron chi connectivity index (χ1n) is 5.96. The lowest BCUT2D eigenvalue weighted by Gasteiger charge is -2.28. The SMILES string of the molecule is C#CC(NC(=O)OC(C)(C)C)C1CCOCC1. The van der Waals surface area contributed by atoms with Gasteiger partial charge in [-0.3, -0.25) is 0 Å².